The third kappa shape index (κ3) is 6.39. The number of rotatable bonds is 9. The maximum absolute atomic E-state index is 14.8. The maximum Gasteiger partial charge on any atom is 0.222 e. The SMILES string of the molecule is Cc1c(F)cccc1C1[C@@H](C(=O)c2cccc(O)c2)CN(C(=O)CCCN(C)C)C[C@@H]1C(=O)c1cccc(O)c1. The molecule has 7 nitrogen and oxygen atoms in total. The Bertz CT molecular complexity index is 1340. The van der Waals surface area contributed by atoms with Crippen LogP contribution in [-0.4, -0.2) is 71.2 Å². The van der Waals surface area contributed by atoms with E-state index in [9.17, 15) is 29.0 Å². The van der Waals surface area contributed by atoms with Crippen molar-refractivity contribution in [2.24, 2.45) is 11.8 Å². The number of phenols is 2. The zero-order chi connectivity index (χ0) is 29.0. The molecule has 0 radical (unpaired) electrons. The van der Waals surface area contributed by atoms with Crippen LogP contribution >= 0.6 is 0 Å². The van der Waals surface area contributed by atoms with Crippen LogP contribution in [0.1, 0.15) is 50.6 Å². The van der Waals surface area contributed by atoms with E-state index in [2.05, 4.69) is 0 Å². The van der Waals surface area contributed by atoms with Gasteiger partial charge < -0.3 is 20.0 Å². The fourth-order valence-electron chi connectivity index (χ4n) is 5.62. The molecule has 1 fully saturated rings. The summed E-state index contributed by atoms with van der Waals surface area (Å²) in [4.78, 5) is 45.1. The van der Waals surface area contributed by atoms with Gasteiger partial charge >= 0.3 is 0 Å². The largest absolute Gasteiger partial charge is 0.508 e. The second-order valence-electron chi connectivity index (χ2n) is 10.7. The van der Waals surface area contributed by atoms with Gasteiger partial charge in [0.25, 0.3) is 0 Å². The zero-order valence-corrected chi connectivity index (χ0v) is 23.0. The minimum atomic E-state index is -0.875. The molecule has 1 amide bonds. The standard InChI is InChI=1S/C32H35FN2O5/c1-20-25(12-6-13-28(20)33)30-26(31(39)21-8-4-10-23(36)16-21)18-35(29(38)14-7-15-34(2)3)19-27(30)32(40)22-9-5-11-24(37)17-22/h4-6,8-13,16-17,26-27,30,36-37H,7,14-15,18-19H2,1-3H3/t26-,27-/m0/s1. The van der Waals surface area contributed by atoms with Crippen LogP contribution in [0.15, 0.2) is 66.7 Å². The van der Waals surface area contributed by atoms with Gasteiger partial charge in [-0.15, -0.1) is 0 Å². The van der Waals surface area contributed by atoms with Crippen molar-refractivity contribution in [3.05, 3.63) is 94.8 Å². The molecule has 3 aromatic rings. The molecule has 210 valence electrons. The molecule has 0 aromatic heterocycles. The summed E-state index contributed by atoms with van der Waals surface area (Å²) < 4.78 is 14.8. The number of benzene rings is 3. The summed E-state index contributed by atoms with van der Waals surface area (Å²) in [6.45, 7) is 2.44. The highest BCUT2D eigenvalue weighted by atomic mass is 19.1. The van der Waals surface area contributed by atoms with Crippen LogP contribution in [0.3, 0.4) is 0 Å². The van der Waals surface area contributed by atoms with E-state index < -0.39 is 23.6 Å². The van der Waals surface area contributed by atoms with Gasteiger partial charge in [0.2, 0.25) is 5.91 Å². The summed E-state index contributed by atoms with van der Waals surface area (Å²) in [5.74, 6) is -3.96. The van der Waals surface area contributed by atoms with Crippen molar-refractivity contribution < 1.29 is 29.0 Å². The predicted octanol–water partition coefficient (Wildman–Crippen LogP) is 4.81. The Hall–Kier alpha value is -4.04. The Balaban J connectivity index is 1.83. The molecular weight excluding hydrogens is 511 g/mol. The number of amides is 1. The third-order valence-electron chi connectivity index (χ3n) is 7.65. The van der Waals surface area contributed by atoms with E-state index in [0.717, 1.165) is 0 Å². The lowest BCUT2D eigenvalue weighted by molar-refractivity contribution is -0.133. The molecule has 2 N–H and O–H groups in total. The molecule has 3 aromatic carbocycles. The fraction of sp³-hybridized carbons (Fsp3) is 0.344. The second kappa shape index (κ2) is 12.4. The topological polar surface area (TPSA) is 98.2 Å². The van der Waals surface area contributed by atoms with Crippen molar-refractivity contribution in [3.8, 4) is 11.5 Å². The Kier molecular flexibility index (Phi) is 9.00. The van der Waals surface area contributed by atoms with E-state index in [1.165, 1.54) is 30.3 Å². The molecule has 1 aliphatic rings. The fourth-order valence-corrected chi connectivity index (χ4v) is 5.62. The van der Waals surface area contributed by atoms with Crippen LogP contribution in [-0.2, 0) is 4.79 Å². The highest BCUT2D eigenvalue weighted by Gasteiger charge is 2.46. The number of likely N-dealkylation sites (tertiary alicyclic amines) is 1. The van der Waals surface area contributed by atoms with E-state index >= 15 is 0 Å². The first-order valence-electron chi connectivity index (χ1n) is 13.4. The lowest BCUT2D eigenvalue weighted by Crippen LogP contribution is -2.52. The zero-order valence-electron chi connectivity index (χ0n) is 23.0. The Morgan fingerprint density at radius 3 is 1.90 bits per heavy atom. The number of carbonyl (C=O) groups excluding carboxylic acids is 3. The summed E-state index contributed by atoms with van der Waals surface area (Å²) >= 11 is 0. The van der Waals surface area contributed by atoms with Gasteiger partial charge in [-0.3, -0.25) is 14.4 Å². The molecule has 0 unspecified atom stereocenters. The summed E-state index contributed by atoms with van der Waals surface area (Å²) in [5.41, 5.74) is 1.35. The minimum absolute atomic E-state index is 0.0553. The van der Waals surface area contributed by atoms with Gasteiger partial charge in [0.05, 0.1) is 0 Å². The number of hydrogen-bond donors (Lipinski definition) is 2. The summed E-state index contributed by atoms with van der Waals surface area (Å²) in [6.07, 6.45) is 0.868. The Labute approximate surface area is 233 Å². The molecule has 40 heavy (non-hydrogen) atoms. The van der Waals surface area contributed by atoms with Crippen molar-refractivity contribution in [2.75, 3.05) is 33.7 Å². The Morgan fingerprint density at radius 2 is 1.40 bits per heavy atom. The van der Waals surface area contributed by atoms with E-state index in [4.69, 9.17) is 0 Å². The van der Waals surface area contributed by atoms with Crippen LogP contribution in [0, 0.1) is 24.6 Å². The van der Waals surface area contributed by atoms with Crippen molar-refractivity contribution >= 4 is 17.5 Å². The van der Waals surface area contributed by atoms with E-state index in [1.807, 2.05) is 19.0 Å². The first-order valence-corrected chi connectivity index (χ1v) is 13.4. The van der Waals surface area contributed by atoms with Gasteiger partial charge in [-0.25, -0.2) is 4.39 Å². The molecule has 0 saturated carbocycles. The number of carbonyl (C=O) groups is 3. The first-order chi connectivity index (χ1) is 19.1. The Morgan fingerprint density at radius 1 is 0.875 bits per heavy atom. The molecule has 1 saturated heterocycles. The predicted molar refractivity (Wildman–Crippen MR) is 150 cm³/mol. The first kappa shape index (κ1) is 29.0. The van der Waals surface area contributed by atoms with Gasteiger partial charge in [0.15, 0.2) is 11.6 Å². The van der Waals surface area contributed by atoms with Crippen LogP contribution in [0.5, 0.6) is 11.5 Å². The third-order valence-corrected chi connectivity index (χ3v) is 7.65. The quantitative estimate of drug-likeness (QED) is 0.374. The van der Waals surface area contributed by atoms with Gasteiger partial charge in [-0.05, 0) is 75.4 Å². The monoisotopic (exact) mass is 546 g/mol. The molecule has 0 spiro atoms. The normalized spacial score (nSPS) is 17.7. The van der Waals surface area contributed by atoms with E-state index in [1.54, 1.807) is 48.2 Å². The molecule has 0 bridgehead atoms. The molecule has 2 atom stereocenters. The van der Waals surface area contributed by atoms with Crippen molar-refractivity contribution in [2.45, 2.75) is 25.7 Å². The van der Waals surface area contributed by atoms with Gasteiger partial charge in [0.1, 0.15) is 17.3 Å². The van der Waals surface area contributed by atoms with Gasteiger partial charge in [-0.1, -0.05) is 36.4 Å². The number of piperidine rings is 1. The van der Waals surface area contributed by atoms with Crippen LogP contribution in [0.4, 0.5) is 4.39 Å². The summed E-state index contributed by atoms with van der Waals surface area (Å²) in [7, 11) is 3.84. The molecular formula is C32H35FN2O5. The molecule has 0 aliphatic carbocycles. The average Bonchev–Trinajstić information content (AvgIpc) is 2.93. The number of nitrogens with zero attached hydrogens (tertiary/aromatic N) is 2. The number of hydrogen-bond acceptors (Lipinski definition) is 6. The lowest BCUT2D eigenvalue weighted by Gasteiger charge is -2.43. The maximum atomic E-state index is 14.8. The van der Waals surface area contributed by atoms with Crippen molar-refractivity contribution in [3.63, 3.8) is 0 Å². The molecule has 1 aliphatic heterocycles. The molecule has 1 heterocycles. The van der Waals surface area contributed by atoms with Crippen molar-refractivity contribution in [1.29, 1.82) is 0 Å². The van der Waals surface area contributed by atoms with Crippen LogP contribution < -0.4 is 0 Å². The number of halogens is 1. The lowest BCUT2D eigenvalue weighted by atomic mass is 9.67. The van der Waals surface area contributed by atoms with Crippen LogP contribution in [0.25, 0.3) is 0 Å². The van der Waals surface area contributed by atoms with Gasteiger partial charge in [-0.2, -0.15) is 0 Å². The summed E-state index contributed by atoms with van der Waals surface area (Å²) in [6, 6.07) is 16.6. The number of ketones is 2. The number of aromatic hydroxyl groups is 2. The highest BCUT2D eigenvalue weighted by Crippen LogP contribution is 2.43. The smallest absolute Gasteiger partial charge is 0.222 e. The highest BCUT2D eigenvalue weighted by molar-refractivity contribution is 6.03. The van der Waals surface area contributed by atoms with Crippen LogP contribution in [0.2, 0.25) is 0 Å². The minimum Gasteiger partial charge on any atom is -0.508 e. The van der Waals surface area contributed by atoms with Crippen molar-refractivity contribution in [1.82, 2.24) is 9.80 Å². The van der Waals surface area contributed by atoms with Gasteiger partial charge in [0, 0.05) is 48.4 Å². The molecule has 8 heteroatoms. The summed E-state index contributed by atoms with van der Waals surface area (Å²) in [5, 5.41) is 20.1. The number of Topliss-reactive ketones (excluding diaryl/α,β-unsaturated/α-hetero) is 2. The van der Waals surface area contributed by atoms with E-state index in [0.29, 0.717) is 24.1 Å². The second-order valence-corrected chi connectivity index (χ2v) is 10.7. The molecule has 4 rings (SSSR count). The van der Waals surface area contributed by atoms with E-state index in [-0.39, 0.29) is 59.6 Å². The number of phenolic OH excluding ortho intramolecular Hbond substituents is 2. The average molecular weight is 547 g/mol.